The van der Waals surface area contributed by atoms with Gasteiger partial charge < -0.3 is 24.4 Å². The SMILES string of the molecule is CN=C(NCCOCCOC)N1CCN(S(=O)(=O)CCOC(C)C)CC1. The fourth-order valence-electron chi connectivity index (χ4n) is 2.51. The lowest BCUT2D eigenvalue weighted by Crippen LogP contribution is -2.54. The first-order valence-corrected chi connectivity index (χ1v) is 10.6. The summed E-state index contributed by atoms with van der Waals surface area (Å²) in [5.74, 6) is 0.789. The minimum absolute atomic E-state index is 0.0248. The van der Waals surface area contributed by atoms with Crippen LogP contribution in [0.3, 0.4) is 0 Å². The molecule has 1 aliphatic rings. The van der Waals surface area contributed by atoms with Crippen molar-refractivity contribution in [3.05, 3.63) is 0 Å². The second-order valence-corrected chi connectivity index (χ2v) is 8.29. The van der Waals surface area contributed by atoms with Crippen molar-refractivity contribution in [3.63, 3.8) is 0 Å². The van der Waals surface area contributed by atoms with Crippen LogP contribution in [0.15, 0.2) is 4.99 Å². The maximum atomic E-state index is 12.4. The molecule has 0 atom stereocenters. The highest BCUT2D eigenvalue weighted by molar-refractivity contribution is 7.89. The van der Waals surface area contributed by atoms with Gasteiger partial charge in [-0.2, -0.15) is 4.31 Å². The molecule has 0 aromatic heterocycles. The Morgan fingerprint density at radius 2 is 1.81 bits per heavy atom. The van der Waals surface area contributed by atoms with Gasteiger partial charge in [0.15, 0.2) is 5.96 Å². The third kappa shape index (κ3) is 8.63. The van der Waals surface area contributed by atoms with Gasteiger partial charge in [0, 0.05) is 46.9 Å². The normalized spacial score (nSPS) is 17.1. The van der Waals surface area contributed by atoms with E-state index in [0.717, 1.165) is 5.96 Å². The van der Waals surface area contributed by atoms with Gasteiger partial charge in [0.25, 0.3) is 0 Å². The number of guanidine groups is 1. The van der Waals surface area contributed by atoms with E-state index >= 15 is 0 Å². The molecule has 10 heteroatoms. The Morgan fingerprint density at radius 3 is 2.38 bits per heavy atom. The second kappa shape index (κ2) is 12.4. The number of hydrogen-bond donors (Lipinski definition) is 1. The summed E-state index contributed by atoms with van der Waals surface area (Å²) in [7, 11) is 0.0871. The maximum Gasteiger partial charge on any atom is 0.216 e. The summed E-state index contributed by atoms with van der Waals surface area (Å²) in [6, 6.07) is 0. The van der Waals surface area contributed by atoms with Gasteiger partial charge in [-0.25, -0.2) is 8.42 Å². The van der Waals surface area contributed by atoms with E-state index in [9.17, 15) is 8.42 Å². The Hall–Kier alpha value is -0.940. The van der Waals surface area contributed by atoms with Crippen molar-refractivity contribution < 1.29 is 22.6 Å². The molecular weight excluding hydrogens is 360 g/mol. The zero-order chi connectivity index (χ0) is 19.4. The summed E-state index contributed by atoms with van der Waals surface area (Å²) in [6.45, 7) is 8.48. The van der Waals surface area contributed by atoms with E-state index in [-0.39, 0.29) is 18.5 Å². The summed E-state index contributed by atoms with van der Waals surface area (Å²) in [5.41, 5.74) is 0. The van der Waals surface area contributed by atoms with E-state index in [1.165, 1.54) is 4.31 Å². The van der Waals surface area contributed by atoms with E-state index in [1.54, 1.807) is 14.2 Å². The number of aliphatic imine (C=N–C) groups is 1. The summed E-state index contributed by atoms with van der Waals surface area (Å²) in [4.78, 5) is 6.33. The van der Waals surface area contributed by atoms with Crippen LogP contribution in [0.2, 0.25) is 0 Å². The molecule has 1 N–H and O–H groups in total. The van der Waals surface area contributed by atoms with E-state index in [2.05, 4.69) is 15.2 Å². The van der Waals surface area contributed by atoms with Crippen molar-refractivity contribution >= 4 is 16.0 Å². The zero-order valence-electron chi connectivity index (χ0n) is 16.4. The van der Waals surface area contributed by atoms with Crippen molar-refractivity contribution in [1.29, 1.82) is 0 Å². The van der Waals surface area contributed by atoms with E-state index in [1.807, 2.05) is 13.8 Å². The van der Waals surface area contributed by atoms with Gasteiger partial charge in [-0.15, -0.1) is 0 Å². The van der Waals surface area contributed by atoms with Crippen LogP contribution in [0.1, 0.15) is 13.8 Å². The molecule has 26 heavy (non-hydrogen) atoms. The number of methoxy groups -OCH3 is 1. The fourth-order valence-corrected chi connectivity index (χ4v) is 3.79. The van der Waals surface area contributed by atoms with E-state index in [4.69, 9.17) is 14.2 Å². The minimum Gasteiger partial charge on any atom is -0.382 e. The highest BCUT2D eigenvalue weighted by atomic mass is 32.2. The topological polar surface area (TPSA) is 92.7 Å². The van der Waals surface area contributed by atoms with Crippen molar-refractivity contribution in [2.24, 2.45) is 4.99 Å². The monoisotopic (exact) mass is 394 g/mol. The quantitative estimate of drug-likeness (QED) is 0.289. The Balaban J connectivity index is 2.34. The minimum atomic E-state index is -3.28. The third-order valence-electron chi connectivity index (χ3n) is 3.90. The average molecular weight is 395 g/mol. The first-order valence-electron chi connectivity index (χ1n) is 9.02. The van der Waals surface area contributed by atoms with E-state index in [0.29, 0.717) is 52.5 Å². The Morgan fingerprint density at radius 1 is 1.12 bits per heavy atom. The molecule has 0 amide bonds. The molecule has 1 heterocycles. The molecule has 0 radical (unpaired) electrons. The smallest absolute Gasteiger partial charge is 0.216 e. The summed E-state index contributed by atoms with van der Waals surface area (Å²) >= 11 is 0. The van der Waals surface area contributed by atoms with Crippen molar-refractivity contribution in [2.45, 2.75) is 20.0 Å². The van der Waals surface area contributed by atoms with Crippen molar-refractivity contribution in [2.75, 3.05) is 79.1 Å². The fraction of sp³-hybridized carbons (Fsp3) is 0.938. The van der Waals surface area contributed by atoms with Gasteiger partial charge in [0.1, 0.15) is 0 Å². The molecule has 1 rings (SSSR count). The molecule has 0 aromatic rings. The van der Waals surface area contributed by atoms with Crippen molar-refractivity contribution in [3.8, 4) is 0 Å². The lowest BCUT2D eigenvalue weighted by Gasteiger charge is -2.35. The van der Waals surface area contributed by atoms with Gasteiger partial charge >= 0.3 is 0 Å². The number of ether oxygens (including phenoxy) is 3. The number of nitrogens with one attached hydrogen (secondary N) is 1. The summed E-state index contributed by atoms with van der Waals surface area (Å²) < 4.78 is 42.0. The van der Waals surface area contributed by atoms with Gasteiger partial charge in [-0.1, -0.05) is 0 Å². The van der Waals surface area contributed by atoms with Gasteiger partial charge in [-0.05, 0) is 13.8 Å². The predicted molar refractivity (Wildman–Crippen MR) is 102 cm³/mol. The van der Waals surface area contributed by atoms with Gasteiger partial charge in [0.2, 0.25) is 10.0 Å². The average Bonchev–Trinajstić information content (AvgIpc) is 2.61. The summed E-state index contributed by atoms with van der Waals surface area (Å²) in [6.07, 6.45) is 0.0370. The zero-order valence-corrected chi connectivity index (χ0v) is 17.3. The van der Waals surface area contributed by atoms with Crippen LogP contribution in [-0.2, 0) is 24.2 Å². The molecule has 0 aromatic carbocycles. The molecule has 0 unspecified atom stereocenters. The number of nitrogens with zero attached hydrogens (tertiary/aromatic N) is 3. The molecule has 1 saturated heterocycles. The molecule has 1 aliphatic heterocycles. The Bertz CT molecular complexity index is 505. The predicted octanol–water partition coefficient (Wildman–Crippen LogP) is -0.403. The number of rotatable bonds is 11. The lowest BCUT2D eigenvalue weighted by atomic mass is 10.4. The largest absolute Gasteiger partial charge is 0.382 e. The Kier molecular flexibility index (Phi) is 11.1. The third-order valence-corrected chi connectivity index (χ3v) is 5.73. The van der Waals surface area contributed by atoms with Crippen molar-refractivity contribution in [1.82, 2.24) is 14.5 Å². The van der Waals surface area contributed by atoms with Crippen LogP contribution in [0.5, 0.6) is 0 Å². The van der Waals surface area contributed by atoms with Crippen LogP contribution in [0.25, 0.3) is 0 Å². The highest BCUT2D eigenvalue weighted by Crippen LogP contribution is 2.09. The number of sulfonamides is 1. The highest BCUT2D eigenvalue weighted by Gasteiger charge is 2.27. The molecule has 9 nitrogen and oxygen atoms in total. The second-order valence-electron chi connectivity index (χ2n) is 6.20. The van der Waals surface area contributed by atoms with Gasteiger partial charge in [0.05, 0.1) is 38.3 Å². The van der Waals surface area contributed by atoms with E-state index < -0.39 is 10.0 Å². The molecule has 0 saturated carbocycles. The Labute approximate surface area is 157 Å². The molecular formula is C16H34N4O5S. The number of hydrogen-bond acceptors (Lipinski definition) is 6. The first kappa shape index (κ1) is 23.1. The standard InChI is InChI=1S/C16H34N4O5S/c1-15(2)25-13-14-26(21,22)20-8-6-19(7-9-20)16(17-3)18-5-10-24-12-11-23-4/h15H,5-14H2,1-4H3,(H,17,18). The summed E-state index contributed by atoms with van der Waals surface area (Å²) in [5, 5.41) is 3.24. The van der Waals surface area contributed by atoms with Gasteiger partial charge in [-0.3, -0.25) is 4.99 Å². The molecule has 0 bridgehead atoms. The first-order chi connectivity index (χ1) is 12.4. The lowest BCUT2D eigenvalue weighted by molar-refractivity contribution is 0.0730. The van der Waals surface area contributed by atoms with Crippen LogP contribution in [0, 0.1) is 0 Å². The maximum absolute atomic E-state index is 12.4. The molecule has 0 spiro atoms. The van der Waals surface area contributed by atoms with Crippen LogP contribution in [0.4, 0.5) is 0 Å². The number of piperazine rings is 1. The van der Waals surface area contributed by atoms with Crippen LogP contribution < -0.4 is 5.32 Å². The van der Waals surface area contributed by atoms with Crippen LogP contribution >= 0.6 is 0 Å². The van der Waals surface area contributed by atoms with Crippen LogP contribution in [-0.4, -0.2) is 109 Å². The molecule has 1 fully saturated rings. The molecule has 154 valence electrons. The molecule has 0 aliphatic carbocycles.